The first-order chi connectivity index (χ1) is 9.69. The van der Waals surface area contributed by atoms with Crippen LogP contribution in [-0.4, -0.2) is 30.4 Å². The van der Waals surface area contributed by atoms with Crippen molar-refractivity contribution in [3.63, 3.8) is 0 Å². The topological polar surface area (TPSA) is 80.4 Å². The van der Waals surface area contributed by atoms with Gasteiger partial charge in [0.25, 0.3) is 0 Å². The van der Waals surface area contributed by atoms with Gasteiger partial charge in [-0.25, -0.2) is 19.7 Å². The van der Waals surface area contributed by atoms with Crippen molar-refractivity contribution in [2.24, 2.45) is 0 Å². The van der Waals surface area contributed by atoms with E-state index in [4.69, 9.17) is 5.11 Å². The molecule has 0 atom stereocenters. The van der Waals surface area contributed by atoms with E-state index in [0.29, 0.717) is 5.69 Å². The number of fused-ring (bicyclic) bond motifs is 1. The molecule has 0 fully saturated rings. The number of carboxylic acids is 1. The predicted octanol–water partition coefficient (Wildman–Crippen LogP) is 2.05. The summed E-state index contributed by atoms with van der Waals surface area (Å²) in [7, 11) is 0. The summed E-state index contributed by atoms with van der Waals surface area (Å²) in [5.74, 6) is -1.32. The molecule has 6 nitrogen and oxygen atoms in total. The van der Waals surface area contributed by atoms with Gasteiger partial charge in [-0.3, -0.25) is 0 Å². The first kappa shape index (κ1) is 12.3. The summed E-state index contributed by atoms with van der Waals surface area (Å²) in [5.41, 5.74) is 3.24. The van der Waals surface area contributed by atoms with Crippen molar-refractivity contribution in [1.82, 2.24) is 19.4 Å². The van der Waals surface area contributed by atoms with Crippen molar-refractivity contribution < 1.29 is 9.90 Å². The zero-order chi connectivity index (χ0) is 14.1. The molecule has 3 aromatic rings. The number of pyridine rings is 1. The van der Waals surface area contributed by atoms with Crippen LogP contribution in [0.25, 0.3) is 16.9 Å². The van der Waals surface area contributed by atoms with Gasteiger partial charge in [-0.15, -0.1) is 0 Å². The molecule has 3 rings (SSSR count). The van der Waals surface area contributed by atoms with Gasteiger partial charge in [-0.1, -0.05) is 6.92 Å². The van der Waals surface area contributed by atoms with Gasteiger partial charge in [0.1, 0.15) is 5.65 Å². The monoisotopic (exact) mass is 268 g/mol. The van der Waals surface area contributed by atoms with Crippen molar-refractivity contribution in [1.29, 1.82) is 0 Å². The third kappa shape index (κ3) is 2.01. The number of nitrogens with zero attached hydrogens (tertiary/aromatic N) is 4. The Kier molecular flexibility index (Phi) is 2.90. The van der Waals surface area contributed by atoms with E-state index in [9.17, 15) is 4.79 Å². The first-order valence-corrected chi connectivity index (χ1v) is 6.21. The van der Waals surface area contributed by atoms with Gasteiger partial charge < -0.3 is 9.51 Å². The predicted molar refractivity (Wildman–Crippen MR) is 72.6 cm³/mol. The average Bonchev–Trinajstić information content (AvgIpc) is 2.93. The molecule has 0 unspecified atom stereocenters. The lowest BCUT2D eigenvalue weighted by atomic mass is 10.1. The molecule has 100 valence electrons. The second kappa shape index (κ2) is 4.73. The Morgan fingerprint density at radius 2 is 2.20 bits per heavy atom. The Bertz CT molecular complexity index is 795. The summed E-state index contributed by atoms with van der Waals surface area (Å²) in [6.07, 6.45) is 7.74. The van der Waals surface area contributed by atoms with Crippen LogP contribution in [0.3, 0.4) is 0 Å². The van der Waals surface area contributed by atoms with Gasteiger partial charge >= 0.3 is 5.97 Å². The Balaban J connectivity index is 2.20. The molecule has 0 saturated heterocycles. The number of carbonyl (C=O) groups is 1. The lowest BCUT2D eigenvalue weighted by Gasteiger charge is -2.08. The standard InChI is InChI=1S/C14H12N4O2/c1-2-9-7-16-13(14(19)20)17-12(9)10-3-4-11-15-5-6-18(11)8-10/h3-8H,2H2,1H3,(H,19,20). The van der Waals surface area contributed by atoms with Crippen molar-refractivity contribution >= 4 is 11.6 Å². The highest BCUT2D eigenvalue weighted by Crippen LogP contribution is 2.22. The number of carboxylic acid groups (broad SMARTS) is 1. The second-order valence-corrected chi connectivity index (χ2v) is 4.34. The summed E-state index contributed by atoms with van der Waals surface area (Å²) < 4.78 is 1.87. The Labute approximate surface area is 114 Å². The molecule has 3 heterocycles. The minimum atomic E-state index is -1.13. The van der Waals surface area contributed by atoms with E-state index < -0.39 is 5.97 Å². The minimum Gasteiger partial charge on any atom is -0.475 e. The molecule has 0 aliphatic rings. The Hall–Kier alpha value is -2.76. The maximum atomic E-state index is 11.0. The number of aromatic carboxylic acids is 1. The zero-order valence-corrected chi connectivity index (χ0v) is 10.8. The Morgan fingerprint density at radius 1 is 1.35 bits per heavy atom. The van der Waals surface area contributed by atoms with Gasteiger partial charge in [0.15, 0.2) is 0 Å². The second-order valence-electron chi connectivity index (χ2n) is 4.34. The molecule has 0 amide bonds. The van der Waals surface area contributed by atoms with E-state index in [1.165, 1.54) is 0 Å². The quantitative estimate of drug-likeness (QED) is 0.786. The molecule has 0 aliphatic heterocycles. The lowest BCUT2D eigenvalue weighted by Crippen LogP contribution is -2.07. The summed E-state index contributed by atoms with van der Waals surface area (Å²) in [6, 6.07) is 3.76. The van der Waals surface area contributed by atoms with Crippen LogP contribution in [0.1, 0.15) is 23.1 Å². The van der Waals surface area contributed by atoms with Crippen LogP contribution in [-0.2, 0) is 6.42 Å². The molecule has 0 saturated carbocycles. The maximum absolute atomic E-state index is 11.0. The molecule has 0 aromatic carbocycles. The number of hydrogen-bond acceptors (Lipinski definition) is 4. The molecule has 1 N–H and O–H groups in total. The van der Waals surface area contributed by atoms with Crippen molar-refractivity contribution in [2.75, 3.05) is 0 Å². The third-order valence-electron chi connectivity index (χ3n) is 3.10. The molecule has 0 aliphatic carbocycles. The van der Waals surface area contributed by atoms with Crippen LogP contribution in [0.2, 0.25) is 0 Å². The highest BCUT2D eigenvalue weighted by atomic mass is 16.4. The van der Waals surface area contributed by atoms with Crippen LogP contribution in [0, 0.1) is 0 Å². The molecular weight excluding hydrogens is 256 g/mol. The smallest absolute Gasteiger partial charge is 0.373 e. The summed E-state index contributed by atoms with van der Waals surface area (Å²) >= 11 is 0. The SMILES string of the molecule is CCc1cnc(C(=O)O)nc1-c1ccc2nccn2c1. The molecule has 0 radical (unpaired) electrons. The minimum absolute atomic E-state index is 0.192. The van der Waals surface area contributed by atoms with Gasteiger partial charge in [0, 0.05) is 30.4 Å². The lowest BCUT2D eigenvalue weighted by molar-refractivity contribution is 0.0683. The molecule has 6 heteroatoms. The fourth-order valence-electron chi connectivity index (χ4n) is 2.08. The average molecular weight is 268 g/mol. The highest BCUT2D eigenvalue weighted by molar-refractivity contribution is 5.84. The number of aromatic nitrogens is 4. The van der Waals surface area contributed by atoms with Crippen LogP contribution >= 0.6 is 0 Å². The van der Waals surface area contributed by atoms with E-state index in [-0.39, 0.29) is 5.82 Å². The van der Waals surface area contributed by atoms with Gasteiger partial charge in [0.05, 0.1) is 5.69 Å². The molecular formula is C14H12N4O2. The number of imidazole rings is 1. The normalized spacial score (nSPS) is 10.8. The van der Waals surface area contributed by atoms with Gasteiger partial charge in [-0.2, -0.15) is 0 Å². The Morgan fingerprint density at radius 3 is 2.95 bits per heavy atom. The molecule has 0 spiro atoms. The van der Waals surface area contributed by atoms with Crippen LogP contribution < -0.4 is 0 Å². The van der Waals surface area contributed by atoms with Crippen LogP contribution in [0.15, 0.2) is 36.9 Å². The fourth-order valence-corrected chi connectivity index (χ4v) is 2.08. The summed E-state index contributed by atoms with van der Waals surface area (Å²) in [6.45, 7) is 1.98. The summed E-state index contributed by atoms with van der Waals surface area (Å²) in [4.78, 5) is 23.2. The largest absolute Gasteiger partial charge is 0.475 e. The van der Waals surface area contributed by atoms with Crippen LogP contribution in [0.4, 0.5) is 0 Å². The number of hydrogen-bond donors (Lipinski definition) is 1. The fraction of sp³-hybridized carbons (Fsp3) is 0.143. The number of rotatable bonds is 3. The first-order valence-electron chi connectivity index (χ1n) is 6.21. The van der Waals surface area contributed by atoms with Crippen LogP contribution in [0.5, 0.6) is 0 Å². The molecule has 3 aromatic heterocycles. The van der Waals surface area contributed by atoms with Crippen molar-refractivity contribution in [2.45, 2.75) is 13.3 Å². The molecule has 0 bridgehead atoms. The highest BCUT2D eigenvalue weighted by Gasteiger charge is 2.13. The number of aryl methyl sites for hydroxylation is 1. The molecule has 20 heavy (non-hydrogen) atoms. The zero-order valence-electron chi connectivity index (χ0n) is 10.8. The van der Waals surface area contributed by atoms with Crippen molar-refractivity contribution in [3.05, 3.63) is 48.3 Å². The third-order valence-corrected chi connectivity index (χ3v) is 3.10. The van der Waals surface area contributed by atoms with Gasteiger partial charge in [-0.05, 0) is 24.1 Å². The van der Waals surface area contributed by atoms with E-state index in [1.54, 1.807) is 12.4 Å². The van der Waals surface area contributed by atoms with Gasteiger partial charge in [0.2, 0.25) is 5.82 Å². The van der Waals surface area contributed by atoms with E-state index in [1.807, 2.05) is 35.9 Å². The maximum Gasteiger partial charge on any atom is 0.373 e. The van der Waals surface area contributed by atoms with E-state index in [2.05, 4.69) is 15.0 Å². The van der Waals surface area contributed by atoms with E-state index in [0.717, 1.165) is 23.2 Å². The van der Waals surface area contributed by atoms with Crippen molar-refractivity contribution in [3.8, 4) is 11.3 Å². The summed E-state index contributed by atoms with van der Waals surface area (Å²) in [5, 5.41) is 9.02. The van der Waals surface area contributed by atoms with E-state index >= 15 is 0 Å².